The Balaban J connectivity index is 1.70. The van der Waals surface area contributed by atoms with Crippen molar-refractivity contribution in [1.29, 1.82) is 0 Å². The molecule has 1 aliphatic heterocycles. The van der Waals surface area contributed by atoms with Crippen LogP contribution in [0.5, 0.6) is 0 Å². The molecule has 0 bridgehead atoms. The first-order valence-electron chi connectivity index (χ1n) is 8.01. The smallest absolute Gasteiger partial charge is 0.288 e. The Labute approximate surface area is 150 Å². The predicted molar refractivity (Wildman–Crippen MR) is 97.3 cm³/mol. The maximum Gasteiger partial charge on any atom is 0.288 e. The SMILES string of the molecule is O=C(NCCN1C(=O)CSC1=O)C(c1ccccc1)c1ccccc1. The molecule has 0 spiro atoms. The quantitative estimate of drug-likeness (QED) is 0.866. The third-order valence-corrected chi connectivity index (χ3v) is 4.86. The van der Waals surface area contributed by atoms with Gasteiger partial charge in [0.2, 0.25) is 11.8 Å². The number of thioether (sulfide) groups is 1. The third-order valence-electron chi connectivity index (χ3n) is 4.00. The molecule has 0 aromatic heterocycles. The summed E-state index contributed by atoms with van der Waals surface area (Å²) < 4.78 is 0. The molecule has 1 heterocycles. The number of carbonyl (C=O) groups excluding carboxylic acids is 3. The summed E-state index contributed by atoms with van der Waals surface area (Å²) in [4.78, 5) is 37.2. The third kappa shape index (κ3) is 4.09. The number of rotatable bonds is 6. The lowest BCUT2D eigenvalue weighted by atomic mass is 9.90. The van der Waals surface area contributed by atoms with Crippen LogP contribution in [0, 0.1) is 0 Å². The minimum absolute atomic E-state index is 0.149. The Bertz CT molecular complexity index is 709. The topological polar surface area (TPSA) is 66.5 Å². The zero-order chi connectivity index (χ0) is 17.6. The highest BCUT2D eigenvalue weighted by atomic mass is 32.2. The van der Waals surface area contributed by atoms with Crippen LogP contribution in [0.2, 0.25) is 0 Å². The summed E-state index contributed by atoms with van der Waals surface area (Å²) in [6, 6.07) is 19.1. The molecule has 3 rings (SSSR count). The standard InChI is InChI=1S/C19H18N2O3S/c22-16-13-25-19(24)21(16)12-11-20-18(23)17(14-7-3-1-4-8-14)15-9-5-2-6-10-15/h1-10,17H,11-13H2,(H,20,23). The summed E-state index contributed by atoms with van der Waals surface area (Å²) in [6.07, 6.45) is 0. The highest BCUT2D eigenvalue weighted by molar-refractivity contribution is 8.14. The lowest BCUT2D eigenvalue weighted by molar-refractivity contribution is -0.125. The average molecular weight is 354 g/mol. The molecule has 3 amide bonds. The Kier molecular flexibility index (Phi) is 5.50. The van der Waals surface area contributed by atoms with Crippen LogP contribution in [0.15, 0.2) is 60.7 Å². The van der Waals surface area contributed by atoms with Gasteiger partial charge in [0, 0.05) is 13.1 Å². The van der Waals surface area contributed by atoms with Gasteiger partial charge in [-0.1, -0.05) is 72.4 Å². The molecule has 2 aromatic carbocycles. The first-order valence-corrected chi connectivity index (χ1v) is 9.00. The Morgan fingerprint density at radius 2 is 1.56 bits per heavy atom. The van der Waals surface area contributed by atoms with Crippen molar-refractivity contribution in [3.63, 3.8) is 0 Å². The fourth-order valence-corrected chi connectivity index (χ4v) is 3.53. The Morgan fingerprint density at radius 1 is 1.00 bits per heavy atom. The summed E-state index contributed by atoms with van der Waals surface area (Å²) >= 11 is 0.997. The van der Waals surface area contributed by atoms with Crippen LogP contribution in [-0.2, 0) is 9.59 Å². The van der Waals surface area contributed by atoms with E-state index in [0.29, 0.717) is 0 Å². The molecule has 0 unspecified atom stereocenters. The molecule has 0 saturated carbocycles. The zero-order valence-corrected chi connectivity index (χ0v) is 14.4. The molecule has 25 heavy (non-hydrogen) atoms. The number of carbonyl (C=O) groups is 3. The molecule has 1 fully saturated rings. The number of hydrogen-bond donors (Lipinski definition) is 1. The molecule has 0 atom stereocenters. The van der Waals surface area contributed by atoms with Gasteiger partial charge < -0.3 is 5.32 Å². The number of hydrogen-bond acceptors (Lipinski definition) is 4. The van der Waals surface area contributed by atoms with Crippen molar-refractivity contribution in [2.45, 2.75) is 5.92 Å². The van der Waals surface area contributed by atoms with Crippen LogP contribution in [0.1, 0.15) is 17.0 Å². The second-order valence-corrected chi connectivity index (χ2v) is 6.57. The van der Waals surface area contributed by atoms with Crippen LogP contribution in [-0.4, -0.2) is 40.8 Å². The van der Waals surface area contributed by atoms with Crippen molar-refractivity contribution in [3.05, 3.63) is 71.8 Å². The molecule has 0 aliphatic carbocycles. The molecule has 128 valence electrons. The molecule has 2 aromatic rings. The summed E-state index contributed by atoms with van der Waals surface area (Å²) in [5, 5.41) is 2.61. The number of nitrogens with one attached hydrogen (secondary N) is 1. The van der Waals surface area contributed by atoms with E-state index in [1.165, 1.54) is 4.90 Å². The van der Waals surface area contributed by atoms with Crippen LogP contribution in [0.25, 0.3) is 0 Å². The van der Waals surface area contributed by atoms with E-state index >= 15 is 0 Å². The van der Waals surface area contributed by atoms with Crippen molar-refractivity contribution < 1.29 is 14.4 Å². The van der Waals surface area contributed by atoms with Gasteiger partial charge in [-0.25, -0.2) is 0 Å². The maximum atomic E-state index is 12.8. The summed E-state index contributed by atoms with van der Waals surface area (Å²) in [7, 11) is 0. The fraction of sp³-hybridized carbons (Fsp3) is 0.211. The lowest BCUT2D eigenvalue weighted by Crippen LogP contribution is -2.39. The van der Waals surface area contributed by atoms with Crippen molar-refractivity contribution in [2.24, 2.45) is 0 Å². The van der Waals surface area contributed by atoms with Crippen molar-refractivity contribution in [3.8, 4) is 0 Å². The number of benzene rings is 2. The zero-order valence-electron chi connectivity index (χ0n) is 13.6. The number of amides is 3. The predicted octanol–water partition coefficient (Wildman–Crippen LogP) is 2.63. The van der Waals surface area contributed by atoms with E-state index in [-0.39, 0.29) is 35.9 Å². The van der Waals surface area contributed by atoms with E-state index in [2.05, 4.69) is 5.32 Å². The van der Waals surface area contributed by atoms with Crippen molar-refractivity contribution >= 4 is 28.8 Å². The minimum Gasteiger partial charge on any atom is -0.353 e. The number of nitrogens with zero attached hydrogens (tertiary/aromatic N) is 1. The van der Waals surface area contributed by atoms with Crippen molar-refractivity contribution in [2.75, 3.05) is 18.8 Å². The largest absolute Gasteiger partial charge is 0.353 e. The van der Waals surface area contributed by atoms with Gasteiger partial charge in [0.25, 0.3) is 5.24 Å². The molecule has 5 nitrogen and oxygen atoms in total. The molecule has 1 saturated heterocycles. The van der Waals surface area contributed by atoms with Gasteiger partial charge in [0.15, 0.2) is 0 Å². The Morgan fingerprint density at radius 3 is 2.04 bits per heavy atom. The second kappa shape index (κ2) is 7.98. The molecule has 0 radical (unpaired) electrons. The highest BCUT2D eigenvalue weighted by Crippen LogP contribution is 2.24. The van der Waals surface area contributed by atoms with Gasteiger partial charge in [-0.05, 0) is 11.1 Å². The molecule has 1 N–H and O–H groups in total. The van der Waals surface area contributed by atoms with E-state index in [9.17, 15) is 14.4 Å². The first kappa shape index (κ1) is 17.2. The maximum absolute atomic E-state index is 12.8. The Hall–Kier alpha value is -2.60. The van der Waals surface area contributed by atoms with Gasteiger partial charge in [-0.2, -0.15) is 0 Å². The van der Waals surface area contributed by atoms with Gasteiger partial charge in [0.05, 0.1) is 11.7 Å². The average Bonchev–Trinajstić information content (AvgIpc) is 2.96. The minimum atomic E-state index is -0.429. The summed E-state index contributed by atoms with van der Waals surface area (Å²) in [5.41, 5.74) is 1.80. The number of imide groups is 1. The lowest BCUT2D eigenvalue weighted by Gasteiger charge is -2.19. The van der Waals surface area contributed by atoms with Crippen LogP contribution in [0.4, 0.5) is 4.79 Å². The van der Waals surface area contributed by atoms with E-state index in [0.717, 1.165) is 22.9 Å². The van der Waals surface area contributed by atoms with E-state index < -0.39 is 5.92 Å². The van der Waals surface area contributed by atoms with Crippen LogP contribution >= 0.6 is 11.8 Å². The monoisotopic (exact) mass is 354 g/mol. The van der Waals surface area contributed by atoms with Gasteiger partial charge >= 0.3 is 0 Å². The normalized spacial score (nSPS) is 14.2. The van der Waals surface area contributed by atoms with Crippen LogP contribution < -0.4 is 5.32 Å². The highest BCUT2D eigenvalue weighted by Gasteiger charge is 2.29. The molecule has 1 aliphatic rings. The molecular weight excluding hydrogens is 336 g/mol. The van der Waals surface area contributed by atoms with E-state index in [4.69, 9.17) is 0 Å². The van der Waals surface area contributed by atoms with Gasteiger partial charge in [-0.15, -0.1) is 0 Å². The molecule has 6 heteroatoms. The second-order valence-electron chi connectivity index (χ2n) is 5.65. The first-order chi connectivity index (χ1) is 12.2. The van der Waals surface area contributed by atoms with Crippen molar-refractivity contribution in [1.82, 2.24) is 10.2 Å². The fourth-order valence-electron chi connectivity index (χ4n) is 2.78. The van der Waals surface area contributed by atoms with Gasteiger partial charge in [-0.3, -0.25) is 19.3 Å². The molecular formula is C19H18N2O3S. The van der Waals surface area contributed by atoms with E-state index in [1.54, 1.807) is 0 Å². The summed E-state index contributed by atoms with van der Waals surface area (Å²) in [6.45, 7) is 0.444. The van der Waals surface area contributed by atoms with Gasteiger partial charge in [0.1, 0.15) is 0 Å². The van der Waals surface area contributed by atoms with E-state index in [1.807, 2.05) is 60.7 Å². The van der Waals surface area contributed by atoms with Crippen LogP contribution in [0.3, 0.4) is 0 Å². The summed E-state index contributed by atoms with van der Waals surface area (Å²) in [5.74, 6) is -0.596.